The zero-order chi connectivity index (χ0) is 41.7. The Balaban J connectivity index is 1.31. The van der Waals surface area contributed by atoms with Crippen molar-refractivity contribution in [2.45, 2.75) is 0 Å². The third-order valence-corrected chi connectivity index (χ3v) is 8.53. The van der Waals surface area contributed by atoms with Gasteiger partial charge in [-0.05, 0) is 52.9 Å². The number of para-hydroxylation sites is 1. The number of fused-ring (bicyclic) bond motifs is 6. The quantitative estimate of drug-likeness (QED) is 0.184. The molecule has 3 heterocycles. The number of hydrogen-bond acceptors (Lipinski definition) is 6. The maximum Gasteiger partial charge on any atom is 0.227 e. The van der Waals surface area contributed by atoms with E-state index in [0.717, 1.165) is 21.9 Å². The van der Waals surface area contributed by atoms with E-state index in [1.807, 2.05) is 97.1 Å². The molecule has 0 aliphatic rings. The summed E-state index contributed by atoms with van der Waals surface area (Å²) in [6.45, 7) is 0. The first-order valence-corrected chi connectivity index (χ1v) is 15.7. The van der Waals surface area contributed by atoms with Crippen molar-refractivity contribution in [3.63, 3.8) is 0 Å². The second kappa shape index (κ2) is 11.4. The van der Waals surface area contributed by atoms with Gasteiger partial charge in [-0.2, -0.15) is 0 Å². The van der Waals surface area contributed by atoms with Crippen molar-refractivity contribution in [3.8, 4) is 56.7 Å². The summed E-state index contributed by atoms with van der Waals surface area (Å²) in [6, 6.07) is 24.1. The molecular weight excluding hydrogens is 617 g/mol. The van der Waals surface area contributed by atoms with E-state index in [1.54, 1.807) is 0 Å². The summed E-state index contributed by atoms with van der Waals surface area (Å²) in [5, 5.41) is 2.89. The van der Waals surface area contributed by atoms with Crippen LogP contribution in [0.4, 0.5) is 0 Å². The van der Waals surface area contributed by atoms with Gasteiger partial charge >= 0.3 is 0 Å². The maximum absolute atomic E-state index is 8.80. The summed E-state index contributed by atoms with van der Waals surface area (Å²) in [4.78, 5) is 18.8. The Kier molecular flexibility index (Phi) is 4.50. The lowest BCUT2D eigenvalue weighted by Gasteiger charge is -2.12. The molecule has 0 bridgehead atoms. The van der Waals surface area contributed by atoms with Crippen LogP contribution in [-0.2, 0) is 0 Å². The van der Waals surface area contributed by atoms with Crippen LogP contribution in [0.3, 0.4) is 0 Å². The number of rotatable bonds is 5. The van der Waals surface area contributed by atoms with E-state index in [4.69, 9.17) is 37.5 Å². The van der Waals surface area contributed by atoms with Crippen LogP contribution in [0.5, 0.6) is 0 Å². The molecule has 0 aliphatic carbocycles. The minimum absolute atomic E-state index is 0.0801. The lowest BCUT2D eigenvalue weighted by molar-refractivity contribution is 0.623. The van der Waals surface area contributed by atoms with Crippen LogP contribution < -0.4 is 0 Å². The van der Waals surface area contributed by atoms with E-state index >= 15 is 0 Å². The van der Waals surface area contributed by atoms with Crippen LogP contribution in [0, 0.1) is 0 Å². The molecule has 0 atom stereocenters. The van der Waals surface area contributed by atoms with E-state index in [9.17, 15) is 0 Å². The highest BCUT2D eigenvalue weighted by Gasteiger charge is 2.21. The molecule has 6 nitrogen and oxygen atoms in total. The Bertz CT molecular complexity index is 3320. The van der Waals surface area contributed by atoms with E-state index in [0.29, 0.717) is 50.1 Å². The van der Waals surface area contributed by atoms with Gasteiger partial charge < -0.3 is 8.83 Å². The summed E-state index contributed by atoms with van der Waals surface area (Å²) in [7, 11) is 0. The van der Waals surface area contributed by atoms with Gasteiger partial charge in [-0.15, -0.1) is 0 Å². The molecule has 0 unspecified atom stereocenters. The van der Waals surface area contributed by atoms with Crippen molar-refractivity contribution in [3.05, 3.63) is 157 Å². The van der Waals surface area contributed by atoms with Crippen molar-refractivity contribution in [1.29, 1.82) is 0 Å². The molecule has 10 aromatic rings. The van der Waals surface area contributed by atoms with Gasteiger partial charge in [-0.3, -0.25) is 0 Å². The molecule has 0 saturated carbocycles. The minimum atomic E-state index is -0.632. The fourth-order valence-electron chi connectivity index (χ4n) is 6.33. The summed E-state index contributed by atoms with van der Waals surface area (Å²) in [6.07, 6.45) is 0. The van der Waals surface area contributed by atoms with Crippen molar-refractivity contribution >= 4 is 43.8 Å². The molecule has 0 N–H and O–H groups in total. The summed E-state index contributed by atoms with van der Waals surface area (Å²) in [5.41, 5.74) is 4.00. The molecule has 0 amide bonds. The van der Waals surface area contributed by atoms with Crippen LogP contribution in [0.2, 0.25) is 0 Å². The first-order chi connectivity index (χ1) is 28.9. The van der Waals surface area contributed by atoms with Gasteiger partial charge in [0.05, 0.1) is 13.7 Å². The van der Waals surface area contributed by atoms with Gasteiger partial charge in [0.25, 0.3) is 0 Å². The van der Waals surface area contributed by atoms with Crippen molar-refractivity contribution in [2.24, 2.45) is 0 Å². The summed E-state index contributed by atoms with van der Waals surface area (Å²) < 4.78 is 98.2. The highest BCUT2D eigenvalue weighted by Crippen LogP contribution is 2.43. The van der Waals surface area contributed by atoms with Gasteiger partial charge in [0.2, 0.25) is 5.89 Å². The minimum Gasteiger partial charge on any atom is -0.456 e. The highest BCUT2D eigenvalue weighted by atomic mass is 16.3. The SMILES string of the molecule is [2H]c1c([2H])c([2H])c(-c2nc(-c3c([2H])c([2H])c([2H])c([2H])c3[2H])nc(-c3cc(-c4cccc5ccc6nc(-c7ccccc7)oc6c45)cc4oc5ccccc5c34)n2)c([2H])c1[2H]. The monoisotopic (exact) mass is 652 g/mol. The zero-order valence-electron chi connectivity index (χ0n) is 35.8. The number of hydrogen-bond donors (Lipinski definition) is 0. The van der Waals surface area contributed by atoms with Crippen LogP contribution in [0.15, 0.2) is 166 Å². The molecule has 6 heteroatoms. The predicted octanol–water partition coefficient (Wildman–Crippen LogP) is 11.4. The standard InChI is InChI=1S/C44H26N4O2/c1-4-13-28(14-5-1)41-46-42(29-15-6-2-7-16-29)48-43(47-41)34-25-31(26-37-39(34)33-20-10-11-22-36(33)49-37)32-21-12-19-27-23-24-35-40(38(27)32)50-44(45-35)30-17-8-3-9-18-30/h1-26H/i1D,2D,4D,5D,6D,7D,13D,14D,15D,16D. The van der Waals surface area contributed by atoms with Gasteiger partial charge in [-0.1, -0.05) is 121 Å². The van der Waals surface area contributed by atoms with Gasteiger partial charge in [0.1, 0.15) is 16.7 Å². The third kappa shape index (κ3) is 4.65. The van der Waals surface area contributed by atoms with Crippen LogP contribution in [-0.4, -0.2) is 19.9 Å². The Labute approximate surface area is 300 Å². The molecular formula is C44H26N4O2. The van der Waals surface area contributed by atoms with Crippen LogP contribution in [0.25, 0.3) is 101 Å². The Morgan fingerprint density at radius 2 is 1.16 bits per heavy atom. The van der Waals surface area contributed by atoms with E-state index in [-0.39, 0.29) is 28.6 Å². The molecule has 10 rings (SSSR count). The number of furan rings is 1. The molecule has 0 aliphatic heterocycles. The number of benzene rings is 7. The van der Waals surface area contributed by atoms with Crippen LogP contribution in [0.1, 0.15) is 13.7 Å². The van der Waals surface area contributed by atoms with Gasteiger partial charge in [0, 0.05) is 38.4 Å². The molecule has 0 fully saturated rings. The topological polar surface area (TPSA) is 77.8 Å². The highest BCUT2D eigenvalue weighted by molar-refractivity contribution is 6.16. The van der Waals surface area contributed by atoms with Gasteiger partial charge in [-0.25, -0.2) is 19.9 Å². The second-order valence-corrected chi connectivity index (χ2v) is 11.5. The number of aromatic nitrogens is 4. The second-order valence-electron chi connectivity index (χ2n) is 11.5. The van der Waals surface area contributed by atoms with E-state index in [2.05, 4.69) is 4.98 Å². The fraction of sp³-hybridized carbons (Fsp3) is 0. The molecule has 0 radical (unpaired) electrons. The molecule has 7 aromatic carbocycles. The Morgan fingerprint density at radius 1 is 0.460 bits per heavy atom. The lowest BCUT2D eigenvalue weighted by Crippen LogP contribution is -2.00. The normalized spacial score (nSPS) is 14.4. The fourth-order valence-corrected chi connectivity index (χ4v) is 6.33. The Hall–Kier alpha value is -6.92. The van der Waals surface area contributed by atoms with Crippen molar-refractivity contribution in [1.82, 2.24) is 19.9 Å². The zero-order valence-corrected chi connectivity index (χ0v) is 25.8. The summed E-state index contributed by atoms with van der Waals surface area (Å²) in [5.74, 6) is -0.366. The smallest absolute Gasteiger partial charge is 0.227 e. The van der Waals surface area contributed by atoms with E-state index in [1.165, 1.54) is 0 Å². The lowest BCUT2D eigenvalue weighted by atomic mass is 9.94. The Morgan fingerprint density at radius 3 is 1.92 bits per heavy atom. The molecule has 234 valence electrons. The average molecular weight is 653 g/mol. The van der Waals surface area contributed by atoms with Crippen molar-refractivity contribution < 1.29 is 22.5 Å². The predicted molar refractivity (Wildman–Crippen MR) is 199 cm³/mol. The van der Waals surface area contributed by atoms with Crippen molar-refractivity contribution in [2.75, 3.05) is 0 Å². The molecule has 0 spiro atoms. The van der Waals surface area contributed by atoms with E-state index < -0.39 is 60.4 Å². The molecule has 0 saturated heterocycles. The number of oxazole rings is 1. The molecule has 3 aromatic heterocycles. The molecule has 50 heavy (non-hydrogen) atoms. The average Bonchev–Trinajstić information content (AvgIpc) is 3.88. The third-order valence-electron chi connectivity index (χ3n) is 8.53. The van der Waals surface area contributed by atoms with Crippen LogP contribution >= 0.6 is 0 Å². The summed E-state index contributed by atoms with van der Waals surface area (Å²) >= 11 is 0. The first-order valence-electron chi connectivity index (χ1n) is 20.7. The van der Waals surface area contributed by atoms with Gasteiger partial charge in [0.15, 0.2) is 23.1 Å². The maximum atomic E-state index is 8.80. The number of nitrogens with zero attached hydrogens (tertiary/aromatic N) is 4. The largest absolute Gasteiger partial charge is 0.456 e. The first kappa shape index (κ1) is 19.8.